The first-order chi connectivity index (χ1) is 15.4. The molecule has 0 saturated heterocycles. The van der Waals surface area contributed by atoms with Crippen LogP contribution in [0.25, 0.3) is 11.0 Å². The average Bonchev–Trinajstić information content (AvgIpc) is 3.09. The molecule has 1 aliphatic rings. The molecule has 0 N–H and O–H groups in total. The van der Waals surface area contributed by atoms with Crippen molar-refractivity contribution in [1.29, 1.82) is 5.26 Å². The van der Waals surface area contributed by atoms with Crippen molar-refractivity contribution >= 4 is 22.6 Å². The Balaban J connectivity index is 1.37. The molecule has 0 atom stereocenters. The predicted molar refractivity (Wildman–Crippen MR) is 116 cm³/mol. The monoisotopic (exact) mass is 448 g/mol. The Hall–Kier alpha value is -3.77. The fourth-order valence-electron chi connectivity index (χ4n) is 4.07. The number of benzene rings is 1. The first-order valence-electron chi connectivity index (χ1n) is 10.0. The van der Waals surface area contributed by atoms with Crippen LogP contribution in [0.3, 0.4) is 0 Å². The molecule has 10 heteroatoms. The Labute approximate surface area is 186 Å². The van der Waals surface area contributed by atoms with Gasteiger partial charge in [-0.3, -0.25) is 9.36 Å². The smallest absolute Gasteiger partial charge is 0.390 e. The van der Waals surface area contributed by atoms with Crippen LogP contribution in [0.1, 0.15) is 47.5 Å². The topological polar surface area (TPSA) is 120 Å². The molecular formula is C22H17ClN6O3. The SMILES string of the molecule is Cc1cc(C#N)nc2ncn(Cc3nn([C@H]4C[C@H](c5ccc(Cl)cc5)C4)c(=O)o3)c(=O)c12. The maximum atomic E-state index is 12.9. The van der Waals surface area contributed by atoms with Crippen LogP contribution < -0.4 is 11.3 Å². The number of nitriles is 1. The maximum absolute atomic E-state index is 12.9. The van der Waals surface area contributed by atoms with Gasteiger partial charge in [0.15, 0.2) is 5.65 Å². The van der Waals surface area contributed by atoms with E-state index in [1.807, 2.05) is 30.3 Å². The lowest BCUT2D eigenvalue weighted by Gasteiger charge is -2.34. The number of aryl methyl sites for hydroxylation is 1. The van der Waals surface area contributed by atoms with Crippen molar-refractivity contribution < 1.29 is 4.42 Å². The highest BCUT2D eigenvalue weighted by Gasteiger charge is 2.34. The molecule has 1 aliphatic carbocycles. The van der Waals surface area contributed by atoms with Crippen molar-refractivity contribution in [1.82, 2.24) is 24.3 Å². The summed E-state index contributed by atoms with van der Waals surface area (Å²) in [6.07, 6.45) is 2.87. The quantitative estimate of drug-likeness (QED) is 0.470. The highest BCUT2D eigenvalue weighted by Crippen LogP contribution is 2.43. The second-order valence-electron chi connectivity index (χ2n) is 7.89. The molecule has 1 fully saturated rings. The van der Waals surface area contributed by atoms with Crippen LogP contribution in [-0.2, 0) is 6.54 Å². The van der Waals surface area contributed by atoms with Crippen molar-refractivity contribution in [3.8, 4) is 6.07 Å². The lowest BCUT2D eigenvalue weighted by Crippen LogP contribution is -2.31. The molecule has 0 spiro atoms. The molecule has 0 aliphatic heterocycles. The molecule has 160 valence electrons. The van der Waals surface area contributed by atoms with Gasteiger partial charge in [0.25, 0.3) is 5.56 Å². The zero-order valence-electron chi connectivity index (χ0n) is 17.0. The Bertz CT molecular complexity index is 1490. The van der Waals surface area contributed by atoms with Crippen molar-refractivity contribution in [2.45, 2.75) is 38.3 Å². The fraction of sp³-hybridized carbons (Fsp3) is 0.273. The molecule has 1 saturated carbocycles. The molecule has 5 rings (SSSR count). The van der Waals surface area contributed by atoms with Gasteiger partial charge in [0.1, 0.15) is 24.6 Å². The van der Waals surface area contributed by atoms with Crippen LogP contribution in [-0.4, -0.2) is 24.3 Å². The van der Waals surface area contributed by atoms with Gasteiger partial charge in [0.2, 0.25) is 5.89 Å². The number of fused-ring (bicyclic) bond motifs is 1. The molecule has 9 nitrogen and oxygen atoms in total. The minimum absolute atomic E-state index is 0.0310. The highest BCUT2D eigenvalue weighted by atomic mass is 35.5. The number of hydrogen-bond acceptors (Lipinski definition) is 7. The molecule has 0 unspecified atom stereocenters. The van der Waals surface area contributed by atoms with Crippen molar-refractivity contribution in [2.24, 2.45) is 0 Å². The summed E-state index contributed by atoms with van der Waals surface area (Å²) in [5.41, 5.74) is 1.85. The van der Waals surface area contributed by atoms with Gasteiger partial charge in [-0.15, -0.1) is 5.10 Å². The van der Waals surface area contributed by atoms with Gasteiger partial charge < -0.3 is 4.42 Å². The number of nitrogens with zero attached hydrogens (tertiary/aromatic N) is 6. The lowest BCUT2D eigenvalue weighted by molar-refractivity contribution is 0.233. The molecule has 3 aromatic heterocycles. The van der Waals surface area contributed by atoms with Gasteiger partial charge in [-0.2, -0.15) is 9.94 Å². The average molecular weight is 449 g/mol. The van der Waals surface area contributed by atoms with Crippen LogP contribution >= 0.6 is 11.6 Å². The van der Waals surface area contributed by atoms with Crippen LogP contribution in [0, 0.1) is 18.3 Å². The standard InChI is InChI=1S/C22H17ClN6O3/c1-12-6-16(9-24)26-20-19(12)21(30)28(11-25-20)10-18-27-29(22(31)32-18)17-7-14(8-17)13-2-4-15(23)5-3-13/h2-6,11,14,17H,7-8,10H2,1H3/t14-,17-. The second kappa shape index (κ2) is 7.73. The van der Waals surface area contributed by atoms with Gasteiger partial charge in [-0.1, -0.05) is 23.7 Å². The Morgan fingerprint density at radius 3 is 2.72 bits per heavy atom. The molecule has 32 heavy (non-hydrogen) atoms. The van der Waals surface area contributed by atoms with Gasteiger partial charge in [0.05, 0.1) is 11.4 Å². The van der Waals surface area contributed by atoms with Gasteiger partial charge in [-0.05, 0) is 55.0 Å². The molecule has 0 amide bonds. The largest absolute Gasteiger partial charge is 0.437 e. The molecular weight excluding hydrogens is 432 g/mol. The third kappa shape index (κ3) is 3.48. The van der Waals surface area contributed by atoms with Crippen LogP contribution in [0.4, 0.5) is 0 Å². The first kappa shape index (κ1) is 20.2. The zero-order valence-corrected chi connectivity index (χ0v) is 17.8. The van der Waals surface area contributed by atoms with Crippen LogP contribution in [0.5, 0.6) is 0 Å². The van der Waals surface area contributed by atoms with E-state index in [0.29, 0.717) is 21.9 Å². The minimum atomic E-state index is -0.544. The van der Waals surface area contributed by atoms with Gasteiger partial charge in [-0.25, -0.2) is 14.8 Å². The van der Waals surface area contributed by atoms with E-state index in [2.05, 4.69) is 15.1 Å². The summed E-state index contributed by atoms with van der Waals surface area (Å²) in [7, 11) is 0. The molecule has 0 bridgehead atoms. The van der Waals surface area contributed by atoms with Crippen molar-refractivity contribution in [2.75, 3.05) is 0 Å². The first-order valence-corrected chi connectivity index (χ1v) is 10.4. The van der Waals surface area contributed by atoms with Gasteiger partial charge >= 0.3 is 5.76 Å². The Morgan fingerprint density at radius 2 is 2.00 bits per heavy atom. The third-order valence-electron chi connectivity index (χ3n) is 5.82. The maximum Gasteiger partial charge on any atom is 0.437 e. The number of rotatable bonds is 4. The van der Waals surface area contributed by atoms with E-state index in [9.17, 15) is 9.59 Å². The summed E-state index contributed by atoms with van der Waals surface area (Å²) >= 11 is 5.94. The molecule has 1 aromatic carbocycles. The molecule has 4 aromatic rings. The molecule has 3 heterocycles. The van der Waals surface area contributed by atoms with Crippen LogP contribution in [0.2, 0.25) is 5.02 Å². The Kier molecular flexibility index (Phi) is 4.87. The van der Waals surface area contributed by atoms with E-state index in [1.54, 1.807) is 6.92 Å². The zero-order chi connectivity index (χ0) is 22.4. The summed E-state index contributed by atoms with van der Waals surface area (Å²) < 4.78 is 7.97. The van der Waals surface area contributed by atoms with Crippen molar-refractivity contribution in [3.05, 3.63) is 85.3 Å². The fourth-order valence-corrected chi connectivity index (χ4v) is 4.19. The van der Waals surface area contributed by atoms with Gasteiger partial charge in [0, 0.05) is 5.02 Å². The van der Waals surface area contributed by atoms with E-state index in [4.69, 9.17) is 21.3 Å². The Morgan fingerprint density at radius 1 is 1.25 bits per heavy atom. The van der Waals surface area contributed by atoms with E-state index in [-0.39, 0.29) is 35.4 Å². The lowest BCUT2D eigenvalue weighted by atomic mass is 9.76. The minimum Gasteiger partial charge on any atom is -0.390 e. The van der Waals surface area contributed by atoms with E-state index in [0.717, 1.165) is 12.8 Å². The van der Waals surface area contributed by atoms with E-state index in [1.165, 1.54) is 27.2 Å². The van der Waals surface area contributed by atoms with E-state index >= 15 is 0 Å². The second-order valence-corrected chi connectivity index (χ2v) is 8.33. The third-order valence-corrected chi connectivity index (χ3v) is 6.08. The van der Waals surface area contributed by atoms with Crippen molar-refractivity contribution in [3.63, 3.8) is 0 Å². The number of hydrogen-bond donors (Lipinski definition) is 0. The normalized spacial score (nSPS) is 17.8. The molecule has 0 radical (unpaired) electrons. The highest BCUT2D eigenvalue weighted by molar-refractivity contribution is 6.30. The number of pyridine rings is 1. The van der Waals surface area contributed by atoms with Crippen LogP contribution in [0.15, 0.2) is 50.7 Å². The van der Waals surface area contributed by atoms with E-state index < -0.39 is 5.76 Å². The summed E-state index contributed by atoms with van der Waals surface area (Å²) in [4.78, 5) is 33.5. The summed E-state index contributed by atoms with van der Waals surface area (Å²) in [6.45, 7) is 1.69. The summed E-state index contributed by atoms with van der Waals surface area (Å²) in [5.74, 6) is -0.0734. The summed E-state index contributed by atoms with van der Waals surface area (Å²) in [6, 6.07) is 11.1. The number of halogens is 1. The summed E-state index contributed by atoms with van der Waals surface area (Å²) in [5, 5.41) is 14.4. The predicted octanol–water partition coefficient (Wildman–Crippen LogP) is 2.94. The number of aromatic nitrogens is 5.